The first-order chi connectivity index (χ1) is 4.72. The molecule has 0 fully saturated rings. The Hall–Kier alpha value is -0.510. The molecule has 0 aliphatic carbocycles. The third-order valence-electron chi connectivity index (χ3n) is 1.19. The fourth-order valence-corrected chi connectivity index (χ4v) is 0.692. The standard InChI is InChI=1S/C7H7NO2.Na/c8-6-4-2-1-3-5(6)7(9)10;/h1-4H,8H2,(H,9,10);. The number of nitrogens with two attached hydrogens (primary N) is 1. The average Bonchev–Trinajstić information content (AvgIpc) is 1.88. The Bertz CT molecular complexity index is 262. The molecule has 4 heteroatoms. The molecule has 0 bridgehead atoms. The van der Waals surface area contributed by atoms with E-state index in [-0.39, 0.29) is 35.1 Å². The van der Waals surface area contributed by atoms with E-state index in [0.717, 1.165) is 0 Å². The van der Waals surface area contributed by atoms with Crippen LogP contribution in [0.25, 0.3) is 0 Å². The van der Waals surface area contributed by atoms with Crippen LogP contribution < -0.4 is 5.73 Å². The molecule has 1 radical (unpaired) electrons. The number of hydrogen-bond acceptors (Lipinski definition) is 2. The van der Waals surface area contributed by atoms with Crippen LogP contribution in [0.15, 0.2) is 24.3 Å². The van der Waals surface area contributed by atoms with Gasteiger partial charge in [0.1, 0.15) is 0 Å². The van der Waals surface area contributed by atoms with Gasteiger partial charge in [-0.25, -0.2) is 4.79 Å². The number of anilines is 1. The molecule has 3 nitrogen and oxygen atoms in total. The number of carboxylic acids is 1. The zero-order valence-corrected chi connectivity index (χ0v) is 8.24. The van der Waals surface area contributed by atoms with Gasteiger partial charge in [0, 0.05) is 35.2 Å². The predicted molar refractivity (Wildman–Crippen MR) is 43.6 cm³/mol. The van der Waals surface area contributed by atoms with Crippen LogP contribution in [0.4, 0.5) is 5.69 Å². The molecule has 0 aliphatic rings. The van der Waals surface area contributed by atoms with E-state index in [2.05, 4.69) is 0 Å². The second kappa shape index (κ2) is 4.38. The fraction of sp³-hybridized carbons (Fsp3) is 0. The molecule has 0 unspecified atom stereocenters. The fourth-order valence-electron chi connectivity index (χ4n) is 0.692. The topological polar surface area (TPSA) is 63.3 Å². The van der Waals surface area contributed by atoms with Crippen molar-refractivity contribution in [1.29, 1.82) is 0 Å². The zero-order valence-electron chi connectivity index (χ0n) is 6.24. The molecule has 0 atom stereocenters. The van der Waals surface area contributed by atoms with Crippen molar-refractivity contribution in [3.63, 3.8) is 0 Å². The summed E-state index contributed by atoms with van der Waals surface area (Å²) in [7, 11) is 0. The van der Waals surface area contributed by atoms with E-state index in [9.17, 15) is 4.79 Å². The van der Waals surface area contributed by atoms with Crippen LogP contribution in [0.1, 0.15) is 10.4 Å². The Kier molecular flexibility index (Phi) is 4.18. The van der Waals surface area contributed by atoms with Gasteiger partial charge in [-0.1, -0.05) is 12.1 Å². The molecular weight excluding hydrogens is 153 g/mol. The van der Waals surface area contributed by atoms with Gasteiger partial charge in [-0.3, -0.25) is 0 Å². The van der Waals surface area contributed by atoms with Gasteiger partial charge >= 0.3 is 5.97 Å². The Morgan fingerprint density at radius 2 is 1.91 bits per heavy atom. The maximum absolute atomic E-state index is 10.3. The maximum Gasteiger partial charge on any atom is 0.337 e. The molecule has 0 amide bonds. The summed E-state index contributed by atoms with van der Waals surface area (Å²) in [6.07, 6.45) is 0. The summed E-state index contributed by atoms with van der Waals surface area (Å²) in [4.78, 5) is 10.3. The van der Waals surface area contributed by atoms with Crippen LogP contribution in [-0.2, 0) is 0 Å². The van der Waals surface area contributed by atoms with Crippen LogP contribution >= 0.6 is 0 Å². The molecule has 3 N–H and O–H groups in total. The van der Waals surface area contributed by atoms with Crippen molar-refractivity contribution in [2.24, 2.45) is 0 Å². The molecule has 1 aromatic carbocycles. The van der Waals surface area contributed by atoms with Crippen molar-refractivity contribution in [2.45, 2.75) is 0 Å². The van der Waals surface area contributed by atoms with Crippen LogP contribution in [0, 0.1) is 0 Å². The molecule has 1 aromatic rings. The summed E-state index contributed by atoms with van der Waals surface area (Å²) in [6.45, 7) is 0. The third-order valence-corrected chi connectivity index (χ3v) is 1.19. The number of hydrogen-bond donors (Lipinski definition) is 2. The second-order valence-electron chi connectivity index (χ2n) is 1.89. The normalized spacial score (nSPS) is 8.36. The minimum atomic E-state index is -0.988. The Balaban J connectivity index is 0.000001000. The molecule has 53 valence electrons. The van der Waals surface area contributed by atoms with Crippen LogP contribution in [0.2, 0.25) is 0 Å². The van der Waals surface area contributed by atoms with Gasteiger partial charge in [-0.15, -0.1) is 0 Å². The summed E-state index contributed by atoms with van der Waals surface area (Å²) in [5, 5.41) is 8.49. The third kappa shape index (κ3) is 2.54. The molecule has 0 heterocycles. The SMILES string of the molecule is Nc1ccccc1C(=O)O.[Na]. The van der Waals surface area contributed by atoms with Gasteiger partial charge in [0.2, 0.25) is 0 Å². The molecule has 0 saturated heterocycles. The summed E-state index contributed by atoms with van der Waals surface area (Å²) >= 11 is 0. The number of carboxylic acid groups (broad SMARTS) is 1. The minimum absolute atomic E-state index is 0. The molecular formula is C7H7NNaO2. The molecule has 11 heavy (non-hydrogen) atoms. The summed E-state index contributed by atoms with van der Waals surface area (Å²) in [6, 6.07) is 6.36. The Morgan fingerprint density at radius 3 is 2.27 bits per heavy atom. The summed E-state index contributed by atoms with van der Waals surface area (Å²) in [5.41, 5.74) is 5.80. The van der Waals surface area contributed by atoms with Gasteiger partial charge in [0.05, 0.1) is 5.56 Å². The number of benzene rings is 1. The van der Waals surface area contributed by atoms with Crippen LogP contribution in [0.5, 0.6) is 0 Å². The number of nitrogen functional groups attached to an aromatic ring is 1. The smallest absolute Gasteiger partial charge is 0.337 e. The molecule has 1 rings (SSSR count). The van der Waals surface area contributed by atoms with Crippen molar-refractivity contribution in [1.82, 2.24) is 0 Å². The monoisotopic (exact) mass is 160 g/mol. The van der Waals surface area contributed by atoms with E-state index in [1.54, 1.807) is 18.2 Å². The molecule has 0 saturated carbocycles. The zero-order chi connectivity index (χ0) is 7.56. The largest absolute Gasteiger partial charge is 0.478 e. The van der Waals surface area contributed by atoms with Crippen LogP contribution in [-0.4, -0.2) is 40.6 Å². The summed E-state index contributed by atoms with van der Waals surface area (Å²) in [5.74, 6) is -0.988. The Morgan fingerprint density at radius 1 is 1.36 bits per heavy atom. The van der Waals surface area contributed by atoms with Crippen molar-refractivity contribution in [2.75, 3.05) is 5.73 Å². The van der Waals surface area contributed by atoms with Gasteiger partial charge in [-0.05, 0) is 12.1 Å². The van der Waals surface area contributed by atoms with Crippen molar-refractivity contribution >= 4 is 41.2 Å². The van der Waals surface area contributed by atoms with E-state index in [1.165, 1.54) is 6.07 Å². The average molecular weight is 160 g/mol. The van der Waals surface area contributed by atoms with Gasteiger partial charge < -0.3 is 10.8 Å². The van der Waals surface area contributed by atoms with E-state index in [0.29, 0.717) is 5.69 Å². The van der Waals surface area contributed by atoms with E-state index in [1.807, 2.05) is 0 Å². The first-order valence-electron chi connectivity index (χ1n) is 2.79. The quantitative estimate of drug-likeness (QED) is 0.466. The Labute approximate surface area is 86.5 Å². The van der Waals surface area contributed by atoms with E-state index in [4.69, 9.17) is 10.8 Å². The predicted octanol–water partition coefficient (Wildman–Crippen LogP) is 0.586. The number of carbonyl (C=O) groups is 1. The first kappa shape index (κ1) is 10.5. The molecule has 0 aliphatic heterocycles. The van der Waals surface area contributed by atoms with Crippen molar-refractivity contribution in [3.05, 3.63) is 29.8 Å². The number of rotatable bonds is 1. The van der Waals surface area contributed by atoms with Crippen molar-refractivity contribution < 1.29 is 9.90 Å². The second-order valence-corrected chi connectivity index (χ2v) is 1.89. The first-order valence-corrected chi connectivity index (χ1v) is 2.79. The number of para-hydroxylation sites is 1. The molecule has 0 spiro atoms. The summed E-state index contributed by atoms with van der Waals surface area (Å²) < 4.78 is 0. The van der Waals surface area contributed by atoms with Crippen molar-refractivity contribution in [3.8, 4) is 0 Å². The number of aromatic carboxylic acids is 1. The van der Waals surface area contributed by atoms with Crippen LogP contribution in [0.3, 0.4) is 0 Å². The molecule has 0 aromatic heterocycles. The van der Waals surface area contributed by atoms with E-state index < -0.39 is 5.97 Å². The van der Waals surface area contributed by atoms with Gasteiger partial charge in [0.25, 0.3) is 0 Å². The van der Waals surface area contributed by atoms with Gasteiger partial charge in [-0.2, -0.15) is 0 Å². The minimum Gasteiger partial charge on any atom is -0.478 e. The van der Waals surface area contributed by atoms with Gasteiger partial charge in [0.15, 0.2) is 0 Å². The maximum atomic E-state index is 10.3. The van der Waals surface area contributed by atoms with E-state index >= 15 is 0 Å².